The summed E-state index contributed by atoms with van der Waals surface area (Å²) >= 11 is 1.60. The fraction of sp³-hybridized carbons (Fsp3) is 0.571. The summed E-state index contributed by atoms with van der Waals surface area (Å²) < 4.78 is 14.4. The Hall–Kier alpha value is -1.70. The molecule has 0 radical (unpaired) electrons. The van der Waals surface area contributed by atoms with Gasteiger partial charge in [0.25, 0.3) is 0 Å². The van der Waals surface area contributed by atoms with Crippen molar-refractivity contribution in [1.29, 1.82) is 0 Å². The maximum Gasteiger partial charge on any atom is 0.222 e. The number of benzene rings is 1. The van der Waals surface area contributed by atoms with E-state index in [-0.39, 0.29) is 17.8 Å². The zero-order valence-electron chi connectivity index (χ0n) is 16.1. The van der Waals surface area contributed by atoms with Crippen LogP contribution in [0.4, 0.5) is 10.1 Å². The summed E-state index contributed by atoms with van der Waals surface area (Å²) in [6.45, 7) is 6.23. The summed E-state index contributed by atoms with van der Waals surface area (Å²) in [5, 5.41) is 12.8. The van der Waals surface area contributed by atoms with E-state index in [9.17, 15) is 14.3 Å². The van der Waals surface area contributed by atoms with Crippen LogP contribution in [0.15, 0.2) is 23.6 Å². The number of piperazine rings is 1. The summed E-state index contributed by atoms with van der Waals surface area (Å²) in [7, 11) is 0. The monoisotopic (exact) mass is 405 g/mol. The molecule has 0 unspecified atom stereocenters. The van der Waals surface area contributed by atoms with Crippen LogP contribution in [0.5, 0.6) is 0 Å². The number of hydrogen-bond acceptors (Lipinski definition) is 5. The molecule has 0 saturated carbocycles. The van der Waals surface area contributed by atoms with E-state index in [1.54, 1.807) is 17.4 Å². The van der Waals surface area contributed by atoms with Gasteiger partial charge in [0.05, 0.1) is 11.8 Å². The molecular formula is C21H28FN3O2S. The lowest BCUT2D eigenvalue weighted by Gasteiger charge is -2.36. The number of amides is 1. The average molecular weight is 406 g/mol. The highest BCUT2D eigenvalue weighted by Gasteiger charge is 2.22. The minimum atomic E-state index is -0.236. The van der Waals surface area contributed by atoms with Crippen molar-refractivity contribution in [3.05, 3.63) is 29.4 Å². The number of aliphatic hydroxyl groups is 1. The molecule has 3 heterocycles. The van der Waals surface area contributed by atoms with Gasteiger partial charge in [0.1, 0.15) is 5.82 Å². The summed E-state index contributed by atoms with van der Waals surface area (Å²) in [5.41, 5.74) is 1.21. The standard InChI is InChI=1S/C21H28FN3O2S/c22-16-3-4-18-19(15-28-20(18)14-16)24-12-10-23(11-13-24)7-1-2-21(27)25-8-5-17(26)6-9-25/h3-4,14-15,17,26H,1-2,5-13H2. The number of piperidine rings is 1. The predicted molar refractivity (Wildman–Crippen MR) is 111 cm³/mol. The second-order valence-electron chi connectivity index (χ2n) is 7.81. The molecule has 152 valence electrons. The van der Waals surface area contributed by atoms with E-state index in [2.05, 4.69) is 15.2 Å². The molecule has 1 amide bonds. The van der Waals surface area contributed by atoms with Crippen molar-refractivity contribution in [3.63, 3.8) is 0 Å². The highest BCUT2D eigenvalue weighted by molar-refractivity contribution is 7.17. The van der Waals surface area contributed by atoms with Crippen molar-refractivity contribution in [2.24, 2.45) is 0 Å². The summed E-state index contributed by atoms with van der Waals surface area (Å²) in [4.78, 5) is 19.0. The first-order valence-corrected chi connectivity index (χ1v) is 11.1. The average Bonchev–Trinajstić information content (AvgIpc) is 3.12. The SMILES string of the molecule is O=C(CCCN1CCN(c2csc3cc(F)ccc23)CC1)N1CCC(O)CC1. The molecule has 2 aliphatic rings. The van der Waals surface area contributed by atoms with Gasteiger partial charge in [-0.2, -0.15) is 0 Å². The molecular weight excluding hydrogens is 377 g/mol. The lowest BCUT2D eigenvalue weighted by atomic mass is 10.1. The van der Waals surface area contributed by atoms with Gasteiger partial charge in [-0.15, -0.1) is 11.3 Å². The van der Waals surface area contributed by atoms with Crippen molar-refractivity contribution in [2.75, 3.05) is 50.7 Å². The molecule has 5 nitrogen and oxygen atoms in total. The predicted octanol–water partition coefficient (Wildman–Crippen LogP) is 2.93. The third kappa shape index (κ3) is 4.47. The van der Waals surface area contributed by atoms with Crippen LogP contribution >= 0.6 is 11.3 Å². The quantitative estimate of drug-likeness (QED) is 0.831. The van der Waals surface area contributed by atoms with Crippen LogP contribution in [0.2, 0.25) is 0 Å². The van der Waals surface area contributed by atoms with Crippen LogP contribution in [-0.4, -0.2) is 72.7 Å². The van der Waals surface area contributed by atoms with Gasteiger partial charge in [-0.1, -0.05) is 0 Å². The molecule has 2 aliphatic heterocycles. The van der Waals surface area contributed by atoms with Gasteiger partial charge in [0.15, 0.2) is 0 Å². The molecule has 0 atom stereocenters. The second-order valence-corrected chi connectivity index (χ2v) is 8.72. The first-order valence-electron chi connectivity index (χ1n) is 10.2. The number of aliphatic hydroxyl groups excluding tert-OH is 1. The van der Waals surface area contributed by atoms with Gasteiger partial charge in [0.2, 0.25) is 5.91 Å². The number of anilines is 1. The van der Waals surface area contributed by atoms with Gasteiger partial charge in [0, 0.05) is 61.2 Å². The molecule has 1 aromatic carbocycles. The van der Waals surface area contributed by atoms with E-state index in [1.165, 1.54) is 11.8 Å². The third-order valence-electron chi connectivity index (χ3n) is 5.91. The van der Waals surface area contributed by atoms with Crippen LogP contribution in [0.3, 0.4) is 0 Å². The first-order chi connectivity index (χ1) is 13.6. The Morgan fingerprint density at radius 1 is 1.14 bits per heavy atom. The number of fused-ring (bicyclic) bond motifs is 1. The Labute approximate surface area is 169 Å². The van der Waals surface area contributed by atoms with Gasteiger partial charge in [-0.25, -0.2) is 4.39 Å². The van der Waals surface area contributed by atoms with E-state index in [0.717, 1.165) is 49.2 Å². The largest absolute Gasteiger partial charge is 0.393 e. The molecule has 2 aromatic rings. The zero-order valence-corrected chi connectivity index (χ0v) is 17.0. The van der Waals surface area contributed by atoms with Crippen molar-refractivity contribution in [1.82, 2.24) is 9.80 Å². The fourth-order valence-electron chi connectivity index (χ4n) is 4.17. The number of thiophene rings is 1. The van der Waals surface area contributed by atoms with Gasteiger partial charge in [-0.3, -0.25) is 9.69 Å². The highest BCUT2D eigenvalue weighted by atomic mass is 32.1. The summed E-state index contributed by atoms with van der Waals surface area (Å²) in [6.07, 6.45) is 2.66. The van der Waals surface area contributed by atoms with Crippen LogP contribution < -0.4 is 4.90 Å². The fourth-order valence-corrected chi connectivity index (χ4v) is 5.17. The lowest BCUT2D eigenvalue weighted by Crippen LogP contribution is -2.46. The maximum atomic E-state index is 13.4. The number of hydrogen-bond donors (Lipinski definition) is 1. The minimum Gasteiger partial charge on any atom is -0.393 e. The van der Waals surface area contributed by atoms with Gasteiger partial charge < -0.3 is 14.9 Å². The molecule has 1 N–H and O–H groups in total. The van der Waals surface area contributed by atoms with E-state index in [1.807, 2.05) is 11.0 Å². The van der Waals surface area contributed by atoms with Crippen LogP contribution in [-0.2, 0) is 4.79 Å². The molecule has 7 heteroatoms. The molecule has 0 bridgehead atoms. The Bertz CT molecular complexity index is 811. The number of carbonyl (C=O) groups excluding carboxylic acids is 1. The van der Waals surface area contributed by atoms with Crippen LogP contribution in [0.25, 0.3) is 10.1 Å². The topological polar surface area (TPSA) is 47.0 Å². The van der Waals surface area contributed by atoms with Crippen molar-refractivity contribution in [2.45, 2.75) is 31.8 Å². The molecule has 0 spiro atoms. The molecule has 2 saturated heterocycles. The Morgan fingerprint density at radius 2 is 1.89 bits per heavy atom. The number of likely N-dealkylation sites (tertiary alicyclic amines) is 1. The number of nitrogens with zero attached hydrogens (tertiary/aromatic N) is 3. The Balaban J connectivity index is 1.21. The molecule has 28 heavy (non-hydrogen) atoms. The molecule has 4 rings (SSSR count). The number of rotatable bonds is 5. The van der Waals surface area contributed by atoms with Crippen molar-refractivity contribution < 1.29 is 14.3 Å². The molecule has 1 aromatic heterocycles. The van der Waals surface area contributed by atoms with E-state index < -0.39 is 0 Å². The van der Waals surface area contributed by atoms with Gasteiger partial charge >= 0.3 is 0 Å². The molecule has 0 aliphatic carbocycles. The normalized spacial score (nSPS) is 19.5. The van der Waals surface area contributed by atoms with Gasteiger partial charge in [-0.05, 0) is 44.0 Å². The van der Waals surface area contributed by atoms with Crippen molar-refractivity contribution in [3.8, 4) is 0 Å². The van der Waals surface area contributed by atoms with Crippen LogP contribution in [0, 0.1) is 5.82 Å². The van der Waals surface area contributed by atoms with E-state index in [4.69, 9.17) is 0 Å². The minimum absolute atomic E-state index is 0.180. The maximum absolute atomic E-state index is 13.4. The summed E-state index contributed by atoms with van der Waals surface area (Å²) in [6, 6.07) is 5.03. The Morgan fingerprint density at radius 3 is 2.64 bits per heavy atom. The first kappa shape index (κ1) is 19.6. The zero-order chi connectivity index (χ0) is 19.5. The number of carbonyl (C=O) groups is 1. The summed E-state index contributed by atoms with van der Waals surface area (Å²) in [5.74, 6) is 0.0449. The molecule has 2 fully saturated rings. The number of halogens is 1. The lowest BCUT2D eigenvalue weighted by molar-refractivity contribution is -0.133. The van der Waals surface area contributed by atoms with Crippen LogP contribution in [0.1, 0.15) is 25.7 Å². The Kier molecular flexibility index (Phi) is 6.13. The third-order valence-corrected chi connectivity index (χ3v) is 6.85. The van der Waals surface area contributed by atoms with Crippen molar-refractivity contribution >= 4 is 33.0 Å². The van der Waals surface area contributed by atoms with E-state index >= 15 is 0 Å². The highest BCUT2D eigenvalue weighted by Crippen LogP contribution is 2.34. The smallest absolute Gasteiger partial charge is 0.222 e. The van der Waals surface area contributed by atoms with E-state index in [0.29, 0.717) is 32.4 Å². The second kappa shape index (κ2) is 8.76.